The maximum Gasteiger partial charge on any atom is 0.252 e. The molecule has 0 radical (unpaired) electrons. The first-order chi connectivity index (χ1) is 10.7. The highest BCUT2D eigenvalue weighted by molar-refractivity contribution is 5.79. The maximum atomic E-state index is 12.5. The predicted molar refractivity (Wildman–Crippen MR) is 86.4 cm³/mol. The van der Waals surface area contributed by atoms with Crippen molar-refractivity contribution in [2.24, 2.45) is 0 Å². The van der Waals surface area contributed by atoms with Gasteiger partial charge in [-0.25, -0.2) is 4.98 Å². The average Bonchev–Trinajstić information content (AvgIpc) is 3.01. The van der Waals surface area contributed by atoms with Gasteiger partial charge in [-0.3, -0.25) is 9.36 Å². The molecule has 0 atom stereocenters. The van der Waals surface area contributed by atoms with Gasteiger partial charge in [0.05, 0.1) is 6.61 Å². The lowest BCUT2D eigenvalue weighted by molar-refractivity contribution is 0.210. The lowest BCUT2D eigenvalue weighted by Gasteiger charge is -2.17. The summed E-state index contributed by atoms with van der Waals surface area (Å²) in [4.78, 5) is 21.4. The minimum Gasteiger partial charge on any atom is -0.383 e. The van der Waals surface area contributed by atoms with E-state index in [-0.39, 0.29) is 11.6 Å². The quantitative estimate of drug-likeness (QED) is 0.858. The van der Waals surface area contributed by atoms with E-state index in [9.17, 15) is 4.79 Å². The van der Waals surface area contributed by atoms with Crippen molar-refractivity contribution in [2.45, 2.75) is 38.6 Å². The van der Waals surface area contributed by atoms with Crippen LogP contribution in [0.25, 0.3) is 11.0 Å². The van der Waals surface area contributed by atoms with Crippen molar-refractivity contribution < 1.29 is 4.74 Å². The largest absolute Gasteiger partial charge is 0.383 e. The standard InChI is InChI=1S/C16H22N4O2/c1-11-9-14(21)20(12-5-3-4-6-12)15-13(11)10-18-16(19-15)17-7-8-22-2/h9-10,12H,3-8H2,1-2H3,(H,17,18,19). The smallest absolute Gasteiger partial charge is 0.252 e. The van der Waals surface area contributed by atoms with E-state index in [1.54, 1.807) is 19.4 Å². The number of pyridine rings is 1. The molecule has 0 aliphatic heterocycles. The fourth-order valence-electron chi connectivity index (χ4n) is 3.14. The van der Waals surface area contributed by atoms with Crippen LogP contribution < -0.4 is 10.9 Å². The van der Waals surface area contributed by atoms with E-state index in [1.165, 1.54) is 12.8 Å². The Morgan fingerprint density at radius 3 is 2.91 bits per heavy atom. The van der Waals surface area contributed by atoms with Gasteiger partial charge in [0.25, 0.3) is 5.56 Å². The summed E-state index contributed by atoms with van der Waals surface area (Å²) >= 11 is 0. The molecule has 22 heavy (non-hydrogen) atoms. The molecule has 0 unspecified atom stereocenters. The first-order valence-corrected chi connectivity index (χ1v) is 7.82. The molecule has 1 aliphatic carbocycles. The van der Waals surface area contributed by atoms with Crippen LogP contribution in [0.15, 0.2) is 17.1 Å². The SMILES string of the molecule is COCCNc1ncc2c(C)cc(=O)n(C3CCCC3)c2n1. The van der Waals surface area contributed by atoms with Gasteiger partial charge in [-0.2, -0.15) is 4.98 Å². The van der Waals surface area contributed by atoms with Gasteiger partial charge >= 0.3 is 0 Å². The highest BCUT2D eigenvalue weighted by atomic mass is 16.5. The second-order valence-corrected chi connectivity index (χ2v) is 5.82. The zero-order chi connectivity index (χ0) is 15.5. The van der Waals surface area contributed by atoms with Crippen LogP contribution in [0.4, 0.5) is 5.95 Å². The Morgan fingerprint density at radius 1 is 1.41 bits per heavy atom. The Hall–Kier alpha value is -1.95. The number of hydrogen-bond acceptors (Lipinski definition) is 5. The van der Waals surface area contributed by atoms with Crippen molar-refractivity contribution in [1.82, 2.24) is 14.5 Å². The number of fused-ring (bicyclic) bond motifs is 1. The summed E-state index contributed by atoms with van der Waals surface area (Å²) in [5, 5.41) is 4.08. The predicted octanol–water partition coefficient (Wildman–Crippen LogP) is 2.27. The third-order valence-corrected chi connectivity index (χ3v) is 4.28. The number of aromatic nitrogens is 3. The second kappa shape index (κ2) is 6.44. The normalized spacial score (nSPS) is 15.5. The summed E-state index contributed by atoms with van der Waals surface area (Å²) in [6.07, 6.45) is 6.26. The lowest BCUT2D eigenvalue weighted by atomic mass is 10.1. The van der Waals surface area contributed by atoms with Crippen molar-refractivity contribution >= 4 is 17.0 Å². The highest BCUT2D eigenvalue weighted by Gasteiger charge is 2.21. The number of anilines is 1. The Labute approximate surface area is 129 Å². The number of methoxy groups -OCH3 is 1. The lowest BCUT2D eigenvalue weighted by Crippen LogP contribution is -2.25. The Bertz CT molecular complexity index is 720. The summed E-state index contributed by atoms with van der Waals surface area (Å²) in [7, 11) is 1.66. The minimum atomic E-state index is 0.0402. The van der Waals surface area contributed by atoms with Crippen LogP contribution in [0.2, 0.25) is 0 Å². The fraction of sp³-hybridized carbons (Fsp3) is 0.562. The van der Waals surface area contributed by atoms with E-state index in [4.69, 9.17) is 4.74 Å². The molecule has 0 saturated heterocycles. The van der Waals surface area contributed by atoms with Crippen LogP contribution >= 0.6 is 0 Å². The topological polar surface area (TPSA) is 69.0 Å². The first-order valence-electron chi connectivity index (χ1n) is 7.82. The zero-order valence-corrected chi connectivity index (χ0v) is 13.1. The van der Waals surface area contributed by atoms with Gasteiger partial charge in [0.15, 0.2) is 0 Å². The van der Waals surface area contributed by atoms with E-state index in [1.807, 2.05) is 11.5 Å². The van der Waals surface area contributed by atoms with E-state index in [0.717, 1.165) is 29.4 Å². The second-order valence-electron chi connectivity index (χ2n) is 5.82. The van der Waals surface area contributed by atoms with Gasteiger partial charge in [-0.1, -0.05) is 12.8 Å². The van der Waals surface area contributed by atoms with Crippen molar-refractivity contribution in [1.29, 1.82) is 0 Å². The number of rotatable bonds is 5. The molecular formula is C16H22N4O2. The number of ether oxygens (including phenoxy) is 1. The van der Waals surface area contributed by atoms with Crippen LogP contribution in [0.3, 0.4) is 0 Å². The van der Waals surface area contributed by atoms with Crippen molar-refractivity contribution in [3.63, 3.8) is 0 Å². The van der Waals surface area contributed by atoms with Crippen LogP contribution in [0.1, 0.15) is 37.3 Å². The molecule has 3 rings (SSSR count). The monoisotopic (exact) mass is 302 g/mol. The summed E-state index contributed by atoms with van der Waals surface area (Å²) in [6, 6.07) is 1.96. The number of nitrogens with one attached hydrogen (secondary N) is 1. The molecule has 0 amide bonds. The third kappa shape index (κ3) is 2.83. The molecular weight excluding hydrogens is 280 g/mol. The molecule has 2 aromatic rings. The summed E-state index contributed by atoms with van der Waals surface area (Å²) in [5.41, 5.74) is 1.71. The van der Waals surface area contributed by atoms with E-state index in [2.05, 4.69) is 15.3 Å². The molecule has 1 N–H and O–H groups in total. The number of hydrogen-bond donors (Lipinski definition) is 1. The highest BCUT2D eigenvalue weighted by Crippen LogP contribution is 2.30. The summed E-state index contributed by atoms with van der Waals surface area (Å²) in [5.74, 6) is 0.543. The molecule has 1 aliphatic rings. The number of nitrogens with zero attached hydrogens (tertiary/aromatic N) is 3. The third-order valence-electron chi connectivity index (χ3n) is 4.28. The molecule has 1 saturated carbocycles. The van der Waals surface area contributed by atoms with Crippen LogP contribution in [0, 0.1) is 6.92 Å². The van der Waals surface area contributed by atoms with Crippen LogP contribution in [-0.4, -0.2) is 34.8 Å². The Kier molecular flexibility index (Phi) is 4.38. The molecule has 1 fully saturated rings. The molecule has 6 nitrogen and oxygen atoms in total. The fourth-order valence-corrected chi connectivity index (χ4v) is 3.14. The van der Waals surface area contributed by atoms with Crippen molar-refractivity contribution in [2.75, 3.05) is 25.6 Å². The zero-order valence-electron chi connectivity index (χ0n) is 13.1. The molecule has 0 bridgehead atoms. The van der Waals surface area contributed by atoms with Gasteiger partial charge in [0, 0.05) is 37.3 Å². The van der Waals surface area contributed by atoms with Gasteiger partial charge in [0.2, 0.25) is 5.95 Å². The Balaban J connectivity index is 2.07. The first kappa shape index (κ1) is 15.0. The molecule has 6 heteroatoms. The van der Waals surface area contributed by atoms with Gasteiger partial charge in [-0.05, 0) is 25.3 Å². The van der Waals surface area contributed by atoms with Gasteiger partial charge in [-0.15, -0.1) is 0 Å². The van der Waals surface area contributed by atoms with E-state index >= 15 is 0 Å². The van der Waals surface area contributed by atoms with Crippen LogP contribution in [-0.2, 0) is 4.74 Å². The Morgan fingerprint density at radius 2 is 2.18 bits per heavy atom. The molecule has 2 heterocycles. The number of aryl methyl sites for hydroxylation is 1. The van der Waals surface area contributed by atoms with Crippen molar-refractivity contribution in [3.05, 3.63) is 28.2 Å². The van der Waals surface area contributed by atoms with Crippen molar-refractivity contribution in [3.8, 4) is 0 Å². The summed E-state index contributed by atoms with van der Waals surface area (Å²) in [6.45, 7) is 3.16. The molecule has 0 spiro atoms. The maximum absolute atomic E-state index is 12.5. The summed E-state index contributed by atoms with van der Waals surface area (Å²) < 4.78 is 6.88. The van der Waals surface area contributed by atoms with Gasteiger partial charge < -0.3 is 10.1 Å². The van der Waals surface area contributed by atoms with Crippen LogP contribution in [0.5, 0.6) is 0 Å². The minimum absolute atomic E-state index is 0.0402. The van der Waals surface area contributed by atoms with E-state index < -0.39 is 0 Å². The van der Waals surface area contributed by atoms with Gasteiger partial charge in [0.1, 0.15) is 5.65 Å². The molecule has 2 aromatic heterocycles. The molecule has 118 valence electrons. The molecule has 0 aromatic carbocycles. The van der Waals surface area contributed by atoms with E-state index in [0.29, 0.717) is 19.1 Å². The average molecular weight is 302 g/mol.